The summed E-state index contributed by atoms with van der Waals surface area (Å²) in [6.45, 7) is -0.0967. The van der Waals surface area contributed by atoms with Crippen LogP contribution < -0.4 is 0 Å². The highest BCUT2D eigenvalue weighted by atomic mass is 16.5. The Labute approximate surface area is 64.7 Å². The summed E-state index contributed by atoms with van der Waals surface area (Å²) < 4.78 is 5.38. The first kappa shape index (κ1) is 7.00. The number of Topliss-reactive ketones (excluding diaryl/α,β-unsaturated/α-hetero) is 1. The third kappa shape index (κ3) is 1.01. The van der Waals surface area contributed by atoms with E-state index >= 15 is 0 Å². The largest absolute Gasteiger partial charge is 0.396 e. The van der Waals surface area contributed by atoms with Crippen molar-refractivity contribution in [2.45, 2.75) is 18.6 Å². The number of carbonyl (C=O) groups is 1. The first-order valence-electron chi connectivity index (χ1n) is 3.78. The quantitative estimate of drug-likeness (QED) is 0.536. The molecule has 2 rings (SSSR count). The Balaban J connectivity index is 2.19. The number of hydrogen-bond acceptors (Lipinski definition) is 3. The molecule has 3 nitrogen and oxygen atoms in total. The van der Waals surface area contributed by atoms with Gasteiger partial charge in [-0.1, -0.05) is 12.2 Å². The van der Waals surface area contributed by atoms with Crippen molar-refractivity contribution in [1.29, 1.82) is 0 Å². The van der Waals surface area contributed by atoms with E-state index in [1.54, 1.807) is 0 Å². The molecule has 1 N–H and O–H groups in total. The van der Waals surface area contributed by atoms with Crippen LogP contribution in [-0.2, 0) is 9.53 Å². The van der Waals surface area contributed by atoms with Gasteiger partial charge < -0.3 is 9.84 Å². The molecule has 0 aliphatic carbocycles. The molecule has 2 bridgehead atoms. The summed E-state index contributed by atoms with van der Waals surface area (Å²) in [6.07, 6.45) is 4.02. The number of ether oxygens (including phenoxy) is 1. The Morgan fingerprint density at radius 2 is 2.45 bits per heavy atom. The maximum Gasteiger partial charge on any atom is 0.144 e. The molecule has 60 valence electrons. The second-order valence-electron chi connectivity index (χ2n) is 2.98. The predicted molar refractivity (Wildman–Crippen MR) is 38.0 cm³/mol. The number of aliphatic hydroxyl groups excluding tert-OH is 1. The SMILES string of the molecule is O=C1C[C@@H]2C=C[C@@H](O2)[C@H]1CO. The zero-order valence-corrected chi connectivity index (χ0v) is 6.06. The van der Waals surface area contributed by atoms with Gasteiger partial charge in [-0.15, -0.1) is 0 Å². The fraction of sp³-hybridized carbons (Fsp3) is 0.625. The standard InChI is InChI=1S/C8H10O3/c9-4-6-7(10)3-5-1-2-8(6)11-5/h1-2,5-6,8-9H,3-4H2/t5-,6-,8+/m0/s1. The highest BCUT2D eigenvalue weighted by Gasteiger charge is 2.38. The molecule has 0 amide bonds. The Kier molecular flexibility index (Phi) is 1.55. The van der Waals surface area contributed by atoms with Crippen LogP contribution in [0.2, 0.25) is 0 Å². The lowest BCUT2D eigenvalue weighted by Gasteiger charge is -2.26. The summed E-state index contributed by atoms with van der Waals surface area (Å²) >= 11 is 0. The number of carbonyl (C=O) groups excluding carboxylic acids is 1. The van der Waals surface area contributed by atoms with E-state index in [-0.39, 0.29) is 30.5 Å². The van der Waals surface area contributed by atoms with E-state index < -0.39 is 0 Å². The number of rotatable bonds is 1. The number of fused-ring (bicyclic) bond motifs is 2. The number of ketones is 1. The van der Waals surface area contributed by atoms with Crippen molar-refractivity contribution in [1.82, 2.24) is 0 Å². The Morgan fingerprint density at radius 1 is 1.64 bits per heavy atom. The normalized spacial score (nSPS) is 41.5. The lowest BCUT2D eigenvalue weighted by atomic mass is 9.95. The molecule has 2 aliphatic heterocycles. The van der Waals surface area contributed by atoms with Crippen LogP contribution in [0.15, 0.2) is 12.2 Å². The molecule has 3 atom stereocenters. The van der Waals surface area contributed by atoms with Gasteiger partial charge in [0.25, 0.3) is 0 Å². The summed E-state index contributed by atoms with van der Waals surface area (Å²) in [6, 6.07) is 0. The number of aliphatic hydroxyl groups is 1. The molecule has 0 aromatic rings. The van der Waals surface area contributed by atoms with Gasteiger partial charge in [0.2, 0.25) is 0 Å². The molecule has 3 heteroatoms. The molecule has 0 spiro atoms. The van der Waals surface area contributed by atoms with Gasteiger partial charge >= 0.3 is 0 Å². The second kappa shape index (κ2) is 2.43. The summed E-state index contributed by atoms with van der Waals surface area (Å²) in [4.78, 5) is 11.2. The summed E-state index contributed by atoms with van der Waals surface area (Å²) in [5.41, 5.74) is 0. The summed E-state index contributed by atoms with van der Waals surface area (Å²) in [7, 11) is 0. The summed E-state index contributed by atoms with van der Waals surface area (Å²) in [5.74, 6) is -0.191. The average molecular weight is 154 g/mol. The van der Waals surface area contributed by atoms with E-state index in [2.05, 4.69) is 0 Å². The zero-order chi connectivity index (χ0) is 7.84. The minimum absolute atomic E-state index is 0.0182. The van der Waals surface area contributed by atoms with Gasteiger partial charge in [-0.2, -0.15) is 0 Å². The lowest BCUT2D eigenvalue weighted by Crippen LogP contribution is -2.38. The smallest absolute Gasteiger partial charge is 0.144 e. The van der Waals surface area contributed by atoms with Crippen LogP contribution in [0.5, 0.6) is 0 Å². The van der Waals surface area contributed by atoms with E-state index in [1.165, 1.54) is 0 Å². The minimum Gasteiger partial charge on any atom is -0.396 e. The molecule has 1 saturated heterocycles. The van der Waals surface area contributed by atoms with Crippen LogP contribution in [0.1, 0.15) is 6.42 Å². The van der Waals surface area contributed by atoms with Gasteiger partial charge in [0, 0.05) is 6.42 Å². The molecule has 0 aromatic heterocycles. The van der Waals surface area contributed by atoms with Crippen LogP contribution in [0.25, 0.3) is 0 Å². The lowest BCUT2D eigenvalue weighted by molar-refractivity contribution is -0.138. The van der Waals surface area contributed by atoms with Crippen molar-refractivity contribution in [2.24, 2.45) is 5.92 Å². The Hall–Kier alpha value is -0.670. The monoisotopic (exact) mass is 154 g/mol. The summed E-state index contributed by atoms with van der Waals surface area (Å²) in [5, 5.41) is 8.85. The highest BCUT2D eigenvalue weighted by Crippen LogP contribution is 2.28. The molecular weight excluding hydrogens is 144 g/mol. The molecule has 2 aliphatic rings. The minimum atomic E-state index is -0.315. The van der Waals surface area contributed by atoms with E-state index in [0.29, 0.717) is 6.42 Å². The molecule has 1 fully saturated rings. The first-order valence-corrected chi connectivity index (χ1v) is 3.78. The van der Waals surface area contributed by atoms with E-state index in [9.17, 15) is 4.79 Å². The van der Waals surface area contributed by atoms with Crippen LogP contribution in [0.3, 0.4) is 0 Å². The highest BCUT2D eigenvalue weighted by molar-refractivity contribution is 5.84. The van der Waals surface area contributed by atoms with Crippen molar-refractivity contribution in [2.75, 3.05) is 6.61 Å². The maximum absolute atomic E-state index is 11.2. The Morgan fingerprint density at radius 3 is 3.18 bits per heavy atom. The van der Waals surface area contributed by atoms with Crippen molar-refractivity contribution in [3.63, 3.8) is 0 Å². The Bertz CT molecular complexity index is 209. The molecule has 0 saturated carbocycles. The molecule has 0 aromatic carbocycles. The molecular formula is C8H10O3. The van der Waals surface area contributed by atoms with Gasteiger partial charge in [0.1, 0.15) is 5.78 Å². The molecule has 11 heavy (non-hydrogen) atoms. The van der Waals surface area contributed by atoms with Gasteiger partial charge in [-0.05, 0) is 0 Å². The van der Waals surface area contributed by atoms with Gasteiger partial charge in [0.05, 0.1) is 24.7 Å². The topological polar surface area (TPSA) is 46.5 Å². The third-order valence-corrected chi connectivity index (χ3v) is 2.26. The fourth-order valence-electron chi connectivity index (χ4n) is 1.61. The van der Waals surface area contributed by atoms with E-state index in [4.69, 9.17) is 9.84 Å². The second-order valence-corrected chi connectivity index (χ2v) is 2.98. The third-order valence-electron chi connectivity index (χ3n) is 2.26. The first-order chi connectivity index (χ1) is 5.31. The zero-order valence-electron chi connectivity index (χ0n) is 6.06. The fourth-order valence-corrected chi connectivity index (χ4v) is 1.61. The van der Waals surface area contributed by atoms with Crippen LogP contribution in [0, 0.1) is 5.92 Å². The van der Waals surface area contributed by atoms with E-state index in [1.807, 2.05) is 12.2 Å². The molecule has 2 heterocycles. The van der Waals surface area contributed by atoms with Crippen molar-refractivity contribution < 1.29 is 14.6 Å². The van der Waals surface area contributed by atoms with Gasteiger partial charge in [-0.3, -0.25) is 4.79 Å². The predicted octanol–water partition coefficient (Wildman–Crippen LogP) is -0.109. The van der Waals surface area contributed by atoms with Crippen LogP contribution >= 0.6 is 0 Å². The maximum atomic E-state index is 11.2. The van der Waals surface area contributed by atoms with Crippen LogP contribution in [0.4, 0.5) is 0 Å². The van der Waals surface area contributed by atoms with Gasteiger partial charge in [-0.25, -0.2) is 0 Å². The van der Waals surface area contributed by atoms with Crippen molar-refractivity contribution in [3.8, 4) is 0 Å². The van der Waals surface area contributed by atoms with Crippen LogP contribution in [-0.4, -0.2) is 29.7 Å². The van der Waals surface area contributed by atoms with Crippen molar-refractivity contribution in [3.05, 3.63) is 12.2 Å². The average Bonchev–Trinajstić information content (AvgIpc) is 2.34. The van der Waals surface area contributed by atoms with Crippen molar-refractivity contribution >= 4 is 5.78 Å². The van der Waals surface area contributed by atoms with E-state index in [0.717, 1.165) is 0 Å². The van der Waals surface area contributed by atoms with Gasteiger partial charge in [0.15, 0.2) is 0 Å². The molecule has 0 radical (unpaired) electrons. The molecule has 0 unspecified atom stereocenters. The number of hydrogen-bond donors (Lipinski definition) is 1.